The zero-order valence-electron chi connectivity index (χ0n) is 17.1. The molecule has 1 heterocycles. The van der Waals surface area contributed by atoms with Crippen molar-refractivity contribution in [1.29, 1.82) is 0 Å². The van der Waals surface area contributed by atoms with Gasteiger partial charge in [-0.25, -0.2) is 17.8 Å². The Morgan fingerprint density at radius 1 is 0.970 bits per heavy atom. The number of hydrogen-bond acceptors (Lipinski definition) is 5. The van der Waals surface area contributed by atoms with Crippen molar-refractivity contribution < 1.29 is 26.4 Å². The maximum absolute atomic E-state index is 13.9. The van der Waals surface area contributed by atoms with Crippen molar-refractivity contribution in [2.45, 2.75) is 31.8 Å². The molecule has 33 heavy (non-hydrogen) atoms. The Balaban J connectivity index is 2.11. The lowest BCUT2D eigenvalue weighted by atomic mass is 10.2. The predicted octanol–water partition coefficient (Wildman–Crippen LogP) is 5.29. The molecule has 1 amide bonds. The second-order valence-electron chi connectivity index (χ2n) is 7.05. The third-order valence-corrected chi connectivity index (χ3v) is 6.94. The van der Waals surface area contributed by atoms with Crippen LogP contribution in [0.25, 0.3) is 5.69 Å². The number of carbonyl (C=O) groups excluding carboxylic acids is 1. The van der Waals surface area contributed by atoms with Crippen molar-refractivity contribution in [3.63, 3.8) is 0 Å². The standard InChI is InChI=1S/C19H14Cl3F3N4O3S/c1-8-6-14(9(2)5-12(8)21)33(31,32)27-18(30)15-17(19(23,24)25)29(28-26-15)16-10(3)4-11(20)7-13(16)22/h4-7H,1-3H3,(H,27,30). The maximum Gasteiger partial charge on any atom is 0.435 e. The van der Waals surface area contributed by atoms with Gasteiger partial charge in [0.15, 0.2) is 11.4 Å². The zero-order chi connectivity index (χ0) is 24.9. The normalized spacial score (nSPS) is 12.2. The number of aromatic nitrogens is 3. The van der Waals surface area contributed by atoms with Gasteiger partial charge in [0.25, 0.3) is 15.9 Å². The van der Waals surface area contributed by atoms with Crippen molar-refractivity contribution in [2.75, 3.05) is 0 Å². The van der Waals surface area contributed by atoms with Gasteiger partial charge in [-0.15, -0.1) is 5.10 Å². The first-order valence-corrected chi connectivity index (χ1v) is 11.6. The number of carbonyl (C=O) groups is 1. The van der Waals surface area contributed by atoms with E-state index in [-0.39, 0.29) is 36.8 Å². The van der Waals surface area contributed by atoms with Crippen molar-refractivity contribution in [3.05, 3.63) is 67.4 Å². The van der Waals surface area contributed by atoms with E-state index in [4.69, 9.17) is 34.8 Å². The fourth-order valence-corrected chi connectivity index (χ4v) is 5.24. The van der Waals surface area contributed by atoms with Gasteiger partial charge in [0.2, 0.25) is 0 Å². The molecule has 0 atom stereocenters. The minimum absolute atomic E-state index is 0.174. The Kier molecular flexibility index (Phi) is 6.73. The number of aryl methyl sites for hydroxylation is 3. The second-order valence-corrected chi connectivity index (χ2v) is 9.95. The van der Waals surface area contributed by atoms with Crippen molar-refractivity contribution in [1.82, 2.24) is 19.7 Å². The molecule has 0 aliphatic rings. The van der Waals surface area contributed by atoms with E-state index in [2.05, 4.69) is 10.3 Å². The number of hydrogen-bond donors (Lipinski definition) is 1. The SMILES string of the molecule is Cc1cc(S(=O)(=O)NC(=O)c2nnn(-c3c(C)cc(Cl)cc3Cl)c2C(F)(F)F)c(C)cc1Cl. The van der Waals surface area contributed by atoms with Gasteiger partial charge < -0.3 is 0 Å². The second kappa shape index (κ2) is 8.79. The van der Waals surface area contributed by atoms with Gasteiger partial charge in [-0.05, 0) is 61.7 Å². The van der Waals surface area contributed by atoms with Crippen LogP contribution in [0, 0.1) is 20.8 Å². The fraction of sp³-hybridized carbons (Fsp3) is 0.211. The highest BCUT2D eigenvalue weighted by molar-refractivity contribution is 7.90. The highest BCUT2D eigenvalue weighted by Crippen LogP contribution is 2.36. The van der Waals surface area contributed by atoms with E-state index in [0.717, 1.165) is 0 Å². The van der Waals surface area contributed by atoms with Gasteiger partial charge in [0.05, 0.1) is 15.6 Å². The minimum Gasteiger partial charge on any atom is -0.266 e. The number of nitrogens with one attached hydrogen (secondary N) is 1. The molecule has 0 aliphatic carbocycles. The number of benzene rings is 2. The van der Waals surface area contributed by atoms with E-state index in [9.17, 15) is 26.4 Å². The summed E-state index contributed by atoms with van der Waals surface area (Å²) in [5.41, 5.74) is -2.27. The molecular weight excluding hydrogens is 528 g/mol. The van der Waals surface area contributed by atoms with Crippen LogP contribution in [-0.4, -0.2) is 29.3 Å². The van der Waals surface area contributed by atoms with Gasteiger partial charge in [-0.2, -0.15) is 13.2 Å². The molecule has 1 N–H and O–H groups in total. The summed E-state index contributed by atoms with van der Waals surface area (Å²) >= 11 is 17.9. The topological polar surface area (TPSA) is 93.9 Å². The van der Waals surface area contributed by atoms with Crippen molar-refractivity contribution in [2.24, 2.45) is 0 Å². The van der Waals surface area contributed by atoms with Crippen LogP contribution in [-0.2, 0) is 16.2 Å². The van der Waals surface area contributed by atoms with Crippen LogP contribution in [0.3, 0.4) is 0 Å². The van der Waals surface area contributed by atoms with E-state index < -0.39 is 33.5 Å². The maximum atomic E-state index is 13.9. The summed E-state index contributed by atoms with van der Waals surface area (Å²) in [7, 11) is -4.56. The van der Waals surface area contributed by atoms with Gasteiger partial charge in [-0.1, -0.05) is 40.0 Å². The van der Waals surface area contributed by atoms with Crippen LogP contribution >= 0.6 is 34.8 Å². The van der Waals surface area contributed by atoms with Crippen LogP contribution in [0.4, 0.5) is 13.2 Å². The number of halogens is 6. The first-order valence-electron chi connectivity index (χ1n) is 8.96. The summed E-state index contributed by atoms with van der Waals surface area (Å²) < 4.78 is 69.2. The average molecular weight is 542 g/mol. The highest BCUT2D eigenvalue weighted by Gasteiger charge is 2.43. The summed E-state index contributed by atoms with van der Waals surface area (Å²) in [6.45, 7) is 4.39. The molecule has 0 spiro atoms. The third-order valence-electron chi connectivity index (χ3n) is 4.56. The fourth-order valence-electron chi connectivity index (χ4n) is 3.08. The number of rotatable bonds is 4. The quantitative estimate of drug-likeness (QED) is 0.484. The van der Waals surface area contributed by atoms with Gasteiger partial charge >= 0.3 is 6.18 Å². The Hall–Kier alpha value is -2.34. The Labute approximate surface area is 201 Å². The molecule has 1 aromatic heterocycles. The molecule has 0 unspecified atom stereocenters. The molecule has 3 aromatic rings. The first-order chi connectivity index (χ1) is 15.1. The van der Waals surface area contributed by atoms with Gasteiger partial charge in [0.1, 0.15) is 0 Å². The molecule has 0 bridgehead atoms. The van der Waals surface area contributed by atoms with Crippen LogP contribution in [0.15, 0.2) is 29.2 Å². The largest absolute Gasteiger partial charge is 0.435 e. The summed E-state index contributed by atoms with van der Waals surface area (Å²) in [5, 5.41) is 7.00. The van der Waals surface area contributed by atoms with Gasteiger partial charge in [0, 0.05) is 10.0 Å². The smallest absolute Gasteiger partial charge is 0.266 e. The van der Waals surface area contributed by atoms with E-state index in [1.165, 1.54) is 45.0 Å². The predicted molar refractivity (Wildman–Crippen MR) is 117 cm³/mol. The number of nitrogens with zero attached hydrogens (tertiary/aromatic N) is 3. The summed E-state index contributed by atoms with van der Waals surface area (Å²) in [5.74, 6) is -1.62. The lowest BCUT2D eigenvalue weighted by Gasteiger charge is -2.15. The molecule has 3 rings (SSSR count). The third kappa shape index (κ3) is 4.96. The summed E-state index contributed by atoms with van der Waals surface area (Å²) in [4.78, 5) is 12.3. The number of amides is 1. The number of alkyl halides is 3. The van der Waals surface area contributed by atoms with E-state index in [1.54, 1.807) is 4.72 Å². The summed E-state index contributed by atoms with van der Waals surface area (Å²) in [6.07, 6.45) is -5.14. The Morgan fingerprint density at radius 3 is 2.18 bits per heavy atom. The van der Waals surface area contributed by atoms with Crippen LogP contribution < -0.4 is 4.72 Å². The minimum atomic E-state index is -5.14. The molecule has 176 valence electrons. The Morgan fingerprint density at radius 2 is 1.61 bits per heavy atom. The van der Waals surface area contributed by atoms with E-state index in [1.807, 2.05) is 0 Å². The molecule has 2 aromatic carbocycles. The molecular formula is C19H14Cl3F3N4O3S. The average Bonchev–Trinajstić information content (AvgIpc) is 3.08. The molecule has 14 heteroatoms. The molecule has 0 aliphatic heterocycles. The van der Waals surface area contributed by atoms with E-state index in [0.29, 0.717) is 10.2 Å². The van der Waals surface area contributed by atoms with Crippen molar-refractivity contribution in [3.8, 4) is 5.69 Å². The molecule has 0 saturated carbocycles. The van der Waals surface area contributed by atoms with Crippen LogP contribution in [0.5, 0.6) is 0 Å². The molecule has 0 fully saturated rings. The van der Waals surface area contributed by atoms with Crippen LogP contribution in [0.2, 0.25) is 15.1 Å². The van der Waals surface area contributed by atoms with Gasteiger partial charge in [-0.3, -0.25) is 4.79 Å². The number of sulfonamides is 1. The summed E-state index contributed by atoms with van der Waals surface area (Å²) in [6, 6.07) is 5.11. The molecule has 7 nitrogen and oxygen atoms in total. The van der Waals surface area contributed by atoms with Crippen molar-refractivity contribution >= 4 is 50.7 Å². The monoisotopic (exact) mass is 540 g/mol. The highest BCUT2D eigenvalue weighted by atomic mass is 35.5. The molecule has 0 saturated heterocycles. The van der Waals surface area contributed by atoms with E-state index >= 15 is 0 Å². The Bertz CT molecular complexity index is 1370. The zero-order valence-corrected chi connectivity index (χ0v) is 20.1. The molecule has 0 radical (unpaired) electrons. The lowest BCUT2D eigenvalue weighted by molar-refractivity contribution is -0.143. The first kappa shape index (κ1) is 25.3. The van der Waals surface area contributed by atoms with Crippen LogP contribution in [0.1, 0.15) is 32.9 Å². The lowest BCUT2D eigenvalue weighted by Crippen LogP contribution is -2.33.